The molecule has 0 spiro atoms. The highest BCUT2D eigenvalue weighted by Crippen LogP contribution is 2.14. The van der Waals surface area contributed by atoms with Gasteiger partial charge in [0.2, 0.25) is 0 Å². The van der Waals surface area contributed by atoms with Gasteiger partial charge in [0, 0.05) is 13.7 Å². The molecule has 22 heavy (non-hydrogen) atoms. The summed E-state index contributed by atoms with van der Waals surface area (Å²) >= 11 is 0. The third-order valence-electron chi connectivity index (χ3n) is 4.12. The van der Waals surface area contributed by atoms with E-state index in [1.807, 2.05) is 0 Å². The SMILES string of the molecule is CCCCCCC(C)CC=CCCCCCCCOCOC. The quantitative estimate of drug-likeness (QED) is 0.173. The van der Waals surface area contributed by atoms with E-state index in [9.17, 15) is 0 Å². The van der Waals surface area contributed by atoms with Gasteiger partial charge in [-0.25, -0.2) is 0 Å². The fourth-order valence-electron chi connectivity index (χ4n) is 2.62. The Labute approximate surface area is 139 Å². The van der Waals surface area contributed by atoms with Crippen molar-refractivity contribution in [2.75, 3.05) is 20.5 Å². The van der Waals surface area contributed by atoms with E-state index in [0.29, 0.717) is 6.79 Å². The van der Waals surface area contributed by atoms with Gasteiger partial charge in [-0.05, 0) is 31.6 Å². The van der Waals surface area contributed by atoms with Crippen LogP contribution in [-0.2, 0) is 9.47 Å². The summed E-state index contributed by atoms with van der Waals surface area (Å²) in [7, 11) is 1.67. The molecule has 0 aliphatic heterocycles. The topological polar surface area (TPSA) is 18.5 Å². The normalized spacial score (nSPS) is 13.0. The lowest BCUT2D eigenvalue weighted by atomic mass is 9.99. The average molecular weight is 313 g/mol. The highest BCUT2D eigenvalue weighted by Gasteiger charge is 1.98. The predicted molar refractivity (Wildman–Crippen MR) is 97.2 cm³/mol. The summed E-state index contributed by atoms with van der Waals surface area (Å²) < 4.78 is 10.1. The van der Waals surface area contributed by atoms with Crippen molar-refractivity contribution in [2.45, 2.75) is 90.9 Å². The highest BCUT2D eigenvalue weighted by molar-refractivity contribution is 4.83. The first-order chi connectivity index (χ1) is 10.8. The molecule has 132 valence electrons. The van der Waals surface area contributed by atoms with Crippen molar-refractivity contribution < 1.29 is 9.47 Å². The van der Waals surface area contributed by atoms with Crippen molar-refractivity contribution >= 4 is 0 Å². The monoisotopic (exact) mass is 312 g/mol. The maximum absolute atomic E-state index is 5.27. The van der Waals surface area contributed by atoms with Gasteiger partial charge in [0.25, 0.3) is 0 Å². The van der Waals surface area contributed by atoms with Crippen LogP contribution in [0.4, 0.5) is 0 Å². The number of hydrogen-bond acceptors (Lipinski definition) is 2. The van der Waals surface area contributed by atoms with Gasteiger partial charge >= 0.3 is 0 Å². The van der Waals surface area contributed by atoms with Crippen LogP contribution in [0, 0.1) is 5.92 Å². The number of hydrogen-bond donors (Lipinski definition) is 0. The highest BCUT2D eigenvalue weighted by atomic mass is 16.7. The van der Waals surface area contributed by atoms with E-state index in [4.69, 9.17) is 9.47 Å². The molecule has 0 aliphatic rings. The Bertz CT molecular complexity index is 226. The molecule has 0 rings (SSSR count). The Morgan fingerprint density at radius 2 is 1.59 bits per heavy atom. The molecule has 2 nitrogen and oxygen atoms in total. The lowest BCUT2D eigenvalue weighted by Crippen LogP contribution is -1.98. The summed E-state index contributed by atoms with van der Waals surface area (Å²) in [5.74, 6) is 0.861. The van der Waals surface area contributed by atoms with Crippen LogP contribution in [0.15, 0.2) is 12.2 Å². The van der Waals surface area contributed by atoms with E-state index >= 15 is 0 Å². The molecule has 0 bridgehead atoms. The van der Waals surface area contributed by atoms with Crippen molar-refractivity contribution in [3.05, 3.63) is 12.2 Å². The van der Waals surface area contributed by atoms with Crippen LogP contribution >= 0.6 is 0 Å². The zero-order chi connectivity index (χ0) is 16.3. The van der Waals surface area contributed by atoms with Crippen LogP contribution in [-0.4, -0.2) is 20.5 Å². The van der Waals surface area contributed by atoms with E-state index in [1.165, 1.54) is 70.6 Å². The fourth-order valence-corrected chi connectivity index (χ4v) is 2.62. The minimum absolute atomic E-state index is 0.432. The van der Waals surface area contributed by atoms with E-state index in [-0.39, 0.29) is 0 Å². The van der Waals surface area contributed by atoms with E-state index in [0.717, 1.165) is 18.9 Å². The molecule has 0 fully saturated rings. The molecule has 1 unspecified atom stereocenters. The molecule has 0 N–H and O–H groups in total. The van der Waals surface area contributed by atoms with Crippen molar-refractivity contribution in [3.63, 3.8) is 0 Å². The fraction of sp³-hybridized carbons (Fsp3) is 0.900. The van der Waals surface area contributed by atoms with Gasteiger partial charge in [-0.1, -0.05) is 77.4 Å². The summed E-state index contributed by atoms with van der Waals surface area (Å²) in [4.78, 5) is 0. The van der Waals surface area contributed by atoms with Gasteiger partial charge in [-0.3, -0.25) is 0 Å². The second kappa shape index (κ2) is 18.7. The standard InChI is InChI=1S/C20H40O2/c1-4-5-6-13-16-20(2)17-14-11-9-7-8-10-12-15-18-22-19-21-3/h11,14,20H,4-10,12-13,15-19H2,1-3H3. The zero-order valence-corrected chi connectivity index (χ0v) is 15.4. The third-order valence-corrected chi connectivity index (χ3v) is 4.12. The minimum atomic E-state index is 0.432. The van der Waals surface area contributed by atoms with E-state index < -0.39 is 0 Å². The summed E-state index contributed by atoms with van der Waals surface area (Å²) in [6.45, 7) is 5.94. The van der Waals surface area contributed by atoms with Crippen LogP contribution in [0.3, 0.4) is 0 Å². The average Bonchev–Trinajstić information content (AvgIpc) is 2.52. The first kappa shape index (κ1) is 21.7. The maximum Gasteiger partial charge on any atom is 0.146 e. The predicted octanol–water partition coefficient (Wildman–Crippen LogP) is 6.50. The molecule has 0 saturated carbocycles. The van der Waals surface area contributed by atoms with E-state index in [2.05, 4.69) is 26.0 Å². The van der Waals surface area contributed by atoms with Crippen LogP contribution < -0.4 is 0 Å². The summed E-state index contributed by atoms with van der Waals surface area (Å²) in [6, 6.07) is 0. The molecule has 0 heterocycles. The second-order valence-corrected chi connectivity index (χ2v) is 6.53. The number of allylic oxidation sites excluding steroid dienone is 2. The third kappa shape index (κ3) is 17.7. The minimum Gasteiger partial charge on any atom is -0.359 e. The summed E-state index contributed by atoms with van der Waals surface area (Å²) in [5.41, 5.74) is 0. The molecule has 1 atom stereocenters. The molecule has 0 radical (unpaired) electrons. The maximum atomic E-state index is 5.27. The lowest BCUT2D eigenvalue weighted by molar-refractivity contribution is -0.0315. The van der Waals surface area contributed by atoms with Crippen LogP contribution in [0.2, 0.25) is 0 Å². The lowest BCUT2D eigenvalue weighted by Gasteiger charge is -2.07. The van der Waals surface area contributed by atoms with Crippen LogP contribution in [0.5, 0.6) is 0 Å². The molecule has 0 aliphatic carbocycles. The summed E-state index contributed by atoms with van der Waals surface area (Å²) in [6.07, 6.45) is 20.7. The molecule has 0 saturated heterocycles. The van der Waals surface area contributed by atoms with Crippen molar-refractivity contribution in [3.8, 4) is 0 Å². The van der Waals surface area contributed by atoms with Gasteiger partial charge in [0.05, 0.1) is 0 Å². The molecule has 0 amide bonds. The smallest absolute Gasteiger partial charge is 0.146 e. The van der Waals surface area contributed by atoms with Gasteiger partial charge in [0.1, 0.15) is 6.79 Å². The van der Waals surface area contributed by atoms with Gasteiger partial charge in [-0.15, -0.1) is 0 Å². The zero-order valence-electron chi connectivity index (χ0n) is 15.4. The number of ether oxygens (including phenoxy) is 2. The number of rotatable bonds is 17. The molecule has 0 aromatic rings. The van der Waals surface area contributed by atoms with Crippen molar-refractivity contribution in [1.29, 1.82) is 0 Å². The molecule has 0 aromatic carbocycles. The number of methoxy groups -OCH3 is 1. The van der Waals surface area contributed by atoms with Gasteiger partial charge in [0.15, 0.2) is 0 Å². The second-order valence-electron chi connectivity index (χ2n) is 6.53. The Morgan fingerprint density at radius 1 is 0.864 bits per heavy atom. The number of unbranched alkanes of at least 4 members (excludes halogenated alkanes) is 8. The Hall–Kier alpha value is -0.340. The molecular weight excluding hydrogens is 272 g/mol. The van der Waals surface area contributed by atoms with Gasteiger partial charge in [-0.2, -0.15) is 0 Å². The first-order valence-corrected chi connectivity index (χ1v) is 9.53. The van der Waals surface area contributed by atoms with E-state index in [1.54, 1.807) is 7.11 Å². The van der Waals surface area contributed by atoms with Crippen LogP contribution in [0.25, 0.3) is 0 Å². The first-order valence-electron chi connectivity index (χ1n) is 9.53. The van der Waals surface area contributed by atoms with Crippen molar-refractivity contribution in [2.24, 2.45) is 5.92 Å². The molecule has 0 aromatic heterocycles. The Balaban J connectivity index is 3.19. The summed E-state index contributed by atoms with van der Waals surface area (Å²) in [5, 5.41) is 0. The van der Waals surface area contributed by atoms with Crippen LogP contribution in [0.1, 0.15) is 90.9 Å². The Kier molecular flexibility index (Phi) is 18.4. The molecular formula is C20H40O2. The Morgan fingerprint density at radius 3 is 2.36 bits per heavy atom. The van der Waals surface area contributed by atoms with Crippen molar-refractivity contribution in [1.82, 2.24) is 0 Å². The molecule has 2 heteroatoms. The largest absolute Gasteiger partial charge is 0.359 e. The van der Waals surface area contributed by atoms with Gasteiger partial charge < -0.3 is 9.47 Å².